The Kier molecular flexibility index (Phi) is 3.10. The van der Waals surface area contributed by atoms with Crippen molar-refractivity contribution in [3.63, 3.8) is 0 Å². The van der Waals surface area contributed by atoms with E-state index in [1.54, 1.807) is 0 Å². The van der Waals surface area contributed by atoms with Gasteiger partial charge in [0.1, 0.15) is 0 Å². The molecule has 1 N–H and O–H groups in total. The third kappa shape index (κ3) is 2.23. The van der Waals surface area contributed by atoms with E-state index in [1.165, 1.54) is 0 Å². The fourth-order valence-electron chi connectivity index (χ4n) is 2.02. The van der Waals surface area contributed by atoms with Crippen molar-refractivity contribution in [2.75, 3.05) is 0 Å². The molecule has 0 saturated carbocycles. The molecular formula is C13H24N2O. The van der Waals surface area contributed by atoms with Crippen LogP contribution in [0.15, 0.2) is 0 Å². The lowest BCUT2D eigenvalue weighted by molar-refractivity contribution is 0.312. The highest BCUT2D eigenvalue weighted by atomic mass is 16.3. The first-order valence-electron chi connectivity index (χ1n) is 5.91. The first kappa shape index (κ1) is 13.1. The third-order valence-electron chi connectivity index (χ3n) is 2.66. The SMILES string of the molecule is CCc1c(O)nn(C(C)(C)C)c1C(C)(C)C. The first-order chi connectivity index (χ1) is 7.09. The number of hydrogen-bond acceptors (Lipinski definition) is 2. The van der Waals surface area contributed by atoms with Gasteiger partial charge < -0.3 is 5.11 Å². The third-order valence-corrected chi connectivity index (χ3v) is 2.66. The maximum atomic E-state index is 9.91. The van der Waals surface area contributed by atoms with Crippen molar-refractivity contribution in [1.29, 1.82) is 0 Å². The molecule has 0 unspecified atom stereocenters. The Morgan fingerprint density at radius 3 is 1.94 bits per heavy atom. The van der Waals surface area contributed by atoms with Crippen LogP contribution in [0.25, 0.3) is 0 Å². The van der Waals surface area contributed by atoms with Crippen molar-refractivity contribution in [2.24, 2.45) is 0 Å². The summed E-state index contributed by atoms with van der Waals surface area (Å²) >= 11 is 0. The standard InChI is InChI=1S/C13H24N2O/c1-8-9-10(12(2,3)4)15(13(5,6)7)14-11(9)16/h8H2,1-7H3,(H,14,16). The zero-order valence-corrected chi connectivity index (χ0v) is 11.5. The highest BCUT2D eigenvalue weighted by Gasteiger charge is 2.30. The summed E-state index contributed by atoms with van der Waals surface area (Å²) in [6.07, 6.45) is 0.814. The molecule has 3 heteroatoms. The van der Waals surface area contributed by atoms with Crippen LogP contribution in [-0.4, -0.2) is 14.9 Å². The fraction of sp³-hybridized carbons (Fsp3) is 0.769. The van der Waals surface area contributed by atoms with E-state index in [-0.39, 0.29) is 16.8 Å². The van der Waals surface area contributed by atoms with Crippen LogP contribution in [0.3, 0.4) is 0 Å². The number of rotatable bonds is 1. The van der Waals surface area contributed by atoms with E-state index in [4.69, 9.17) is 0 Å². The first-order valence-corrected chi connectivity index (χ1v) is 5.91. The predicted molar refractivity (Wildman–Crippen MR) is 67.0 cm³/mol. The zero-order valence-electron chi connectivity index (χ0n) is 11.5. The Morgan fingerprint density at radius 2 is 1.62 bits per heavy atom. The summed E-state index contributed by atoms with van der Waals surface area (Å²) < 4.78 is 1.96. The average molecular weight is 224 g/mol. The molecular weight excluding hydrogens is 200 g/mol. The molecule has 1 aromatic rings. The Labute approximate surface area is 98.5 Å². The topological polar surface area (TPSA) is 38.1 Å². The van der Waals surface area contributed by atoms with Gasteiger partial charge in [-0.3, -0.25) is 4.68 Å². The number of aromatic nitrogens is 2. The van der Waals surface area contributed by atoms with Gasteiger partial charge in [0.25, 0.3) is 0 Å². The minimum absolute atomic E-state index is 0.00734. The van der Waals surface area contributed by atoms with Crippen molar-refractivity contribution >= 4 is 0 Å². The Bertz CT molecular complexity index is 378. The highest BCUT2D eigenvalue weighted by Crippen LogP contribution is 2.34. The summed E-state index contributed by atoms with van der Waals surface area (Å²) in [6, 6.07) is 0. The van der Waals surface area contributed by atoms with E-state index in [2.05, 4.69) is 53.6 Å². The largest absolute Gasteiger partial charge is 0.492 e. The van der Waals surface area contributed by atoms with E-state index < -0.39 is 0 Å². The molecule has 0 aromatic carbocycles. The molecule has 16 heavy (non-hydrogen) atoms. The van der Waals surface area contributed by atoms with Crippen molar-refractivity contribution in [3.8, 4) is 5.88 Å². The Hall–Kier alpha value is -0.990. The molecule has 0 fully saturated rings. The van der Waals surface area contributed by atoms with E-state index in [1.807, 2.05) is 4.68 Å². The van der Waals surface area contributed by atoms with Crippen LogP contribution < -0.4 is 0 Å². The average Bonchev–Trinajstić information content (AvgIpc) is 2.40. The van der Waals surface area contributed by atoms with Gasteiger partial charge in [-0.25, -0.2) is 0 Å². The van der Waals surface area contributed by atoms with Crippen LogP contribution in [0.1, 0.15) is 59.7 Å². The van der Waals surface area contributed by atoms with Crippen molar-refractivity contribution < 1.29 is 5.11 Å². The summed E-state index contributed by atoms with van der Waals surface area (Å²) in [5, 5.41) is 14.2. The van der Waals surface area contributed by atoms with Crippen molar-refractivity contribution in [3.05, 3.63) is 11.3 Å². The Balaban J connectivity index is 3.52. The number of hydrogen-bond donors (Lipinski definition) is 1. The maximum Gasteiger partial charge on any atom is 0.233 e. The molecule has 0 atom stereocenters. The van der Waals surface area contributed by atoms with Gasteiger partial charge in [0, 0.05) is 11.0 Å². The van der Waals surface area contributed by atoms with E-state index in [9.17, 15) is 5.11 Å². The molecule has 0 aliphatic rings. The van der Waals surface area contributed by atoms with E-state index >= 15 is 0 Å². The molecule has 3 nitrogen and oxygen atoms in total. The molecule has 0 aliphatic carbocycles. The summed E-state index contributed by atoms with van der Waals surface area (Å²) in [5.74, 6) is 0.183. The van der Waals surface area contributed by atoms with Gasteiger partial charge in [-0.1, -0.05) is 27.7 Å². The number of nitrogens with zero attached hydrogens (tertiary/aromatic N) is 2. The fourth-order valence-corrected chi connectivity index (χ4v) is 2.02. The quantitative estimate of drug-likeness (QED) is 0.795. The molecule has 1 aromatic heterocycles. The lowest BCUT2D eigenvalue weighted by Crippen LogP contribution is -2.30. The lowest BCUT2D eigenvalue weighted by Gasteiger charge is -2.29. The molecule has 1 rings (SSSR count). The molecule has 0 bridgehead atoms. The lowest BCUT2D eigenvalue weighted by atomic mass is 9.87. The molecule has 1 heterocycles. The monoisotopic (exact) mass is 224 g/mol. The second kappa shape index (κ2) is 3.79. The van der Waals surface area contributed by atoms with Gasteiger partial charge in [0.05, 0.1) is 11.2 Å². The second-order valence-corrected chi connectivity index (χ2v) is 6.34. The minimum Gasteiger partial charge on any atom is -0.492 e. The van der Waals surface area contributed by atoms with Crippen LogP contribution in [0, 0.1) is 0 Å². The summed E-state index contributed by atoms with van der Waals surface area (Å²) in [5.41, 5.74) is 2.00. The second-order valence-electron chi connectivity index (χ2n) is 6.34. The molecule has 0 aliphatic heterocycles. The molecule has 0 amide bonds. The van der Waals surface area contributed by atoms with Crippen LogP contribution in [-0.2, 0) is 17.4 Å². The Morgan fingerprint density at radius 1 is 1.12 bits per heavy atom. The van der Waals surface area contributed by atoms with Crippen LogP contribution in [0.2, 0.25) is 0 Å². The molecule has 0 radical (unpaired) electrons. The van der Waals surface area contributed by atoms with Gasteiger partial charge in [-0.15, -0.1) is 5.10 Å². The van der Waals surface area contributed by atoms with Gasteiger partial charge >= 0.3 is 0 Å². The van der Waals surface area contributed by atoms with E-state index in [0.29, 0.717) is 0 Å². The molecule has 0 saturated heterocycles. The highest BCUT2D eigenvalue weighted by molar-refractivity contribution is 5.35. The predicted octanol–water partition coefficient (Wildman–Crippen LogP) is 3.20. The van der Waals surface area contributed by atoms with Crippen molar-refractivity contribution in [1.82, 2.24) is 9.78 Å². The smallest absolute Gasteiger partial charge is 0.233 e. The summed E-state index contributed by atoms with van der Waals surface area (Å²) in [4.78, 5) is 0. The maximum absolute atomic E-state index is 9.91. The van der Waals surface area contributed by atoms with Gasteiger partial charge in [-0.2, -0.15) is 0 Å². The van der Waals surface area contributed by atoms with Crippen LogP contribution in [0.4, 0.5) is 0 Å². The minimum atomic E-state index is -0.104. The molecule has 0 spiro atoms. The normalized spacial score (nSPS) is 13.2. The van der Waals surface area contributed by atoms with E-state index in [0.717, 1.165) is 17.7 Å². The van der Waals surface area contributed by atoms with Crippen LogP contribution >= 0.6 is 0 Å². The van der Waals surface area contributed by atoms with Crippen molar-refractivity contribution in [2.45, 2.75) is 65.8 Å². The molecule has 92 valence electrons. The summed E-state index contributed by atoms with van der Waals surface area (Å²) in [6.45, 7) is 14.8. The van der Waals surface area contributed by atoms with Gasteiger partial charge in [-0.05, 0) is 27.2 Å². The number of aromatic hydroxyl groups is 1. The van der Waals surface area contributed by atoms with Gasteiger partial charge in [0.2, 0.25) is 5.88 Å². The van der Waals surface area contributed by atoms with Gasteiger partial charge in [0.15, 0.2) is 0 Å². The summed E-state index contributed by atoms with van der Waals surface area (Å²) in [7, 11) is 0. The van der Waals surface area contributed by atoms with Crippen LogP contribution in [0.5, 0.6) is 5.88 Å². The zero-order chi connectivity index (χ0) is 12.7.